The van der Waals surface area contributed by atoms with Crippen molar-refractivity contribution in [1.29, 1.82) is 0 Å². The fraction of sp³-hybridized carbons (Fsp3) is 0.214. The number of benzene rings is 1. The maximum Gasteiger partial charge on any atom is 0.337 e. The van der Waals surface area contributed by atoms with Crippen LogP contribution in [0.4, 0.5) is 5.69 Å². The lowest BCUT2D eigenvalue weighted by Crippen LogP contribution is -2.19. The number of nitrogens with one attached hydrogen (secondary N) is 1. The zero-order chi connectivity index (χ0) is 13.0. The van der Waals surface area contributed by atoms with E-state index >= 15 is 0 Å². The van der Waals surface area contributed by atoms with E-state index in [0.29, 0.717) is 12.1 Å². The van der Waals surface area contributed by atoms with Gasteiger partial charge in [0.05, 0.1) is 11.8 Å². The Morgan fingerprint density at radius 2 is 2.11 bits per heavy atom. The minimum atomic E-state index is -0.928. The van der Waals surface area contributed by atoms with Crippen molar-refractivity contribution in [2.75, 3.05) is 5.32 Å². The molecule has 0 saturated carbocycles. The standard InChI is InChI=1S/C14H15NO3/c1-10(9-11-5-4-8-18-11)15-13-7-3-2-6-12(13)14(16)17/h2-8,10,15H,9H2,1H3,(H,16,17). The average molecular weight is 245 g/mol. The molecule has 0 aliphatic carbocycles. The molecule has 0 aliphatic heterocycles. The van der Waals surface area contributed by atoms with Gasteiger partial charge >= 0.3 is 5.97 Å². The first-order valence-corrected chi connectivity index (χ1v) is 5.78. The number of hydrogen-bond acceptors (Lipinski definition) is 3. The minimum Gasteiger partial charge on any atom is -0.478 e. The van der Waals surface area contributed by atoms with Crippen LogP contribution in [0.2, 0.25) is 0 Å². The molecule has 0 bridgehead atoms. The van der Waals surface area contributed by atoms with Gasteiger partial charge in [-0.3, -0.25) is 0 Å². The van der Waals surface area contributed by atoms with Crippen molar-refractivity contribution in [3.63, 3.8) is 0 Å². The summed E-state index contributed by atoms with van der Waals surface area (Å²) in [4.78, 5) is 11.1. The summed E-state index contributed by atoms with van der Waals surface area (Å²) >= 11 is 0. The molecule has 94 valence electrons. The third kappa shape index (κ3) is 2.91. The molecule has 0 saturated heterocycles. The predicted octanol–water partition coefficient (Wildman–Crippen LogP) is 3.02. The number of furan rings is 1. The van der Waals surface area contributed by atoms with Gasteiger partial charge in [-0.1, -0.05) is 12.1 Å². The van der Waals surface area contributed by atoms with Crippen molar-refractivity contribution in [2.24, 2.45) is 0 Å². The van der Waals surface area contributed by atoms with Crippen molar-refractivity contribution >= 4 is 11.7 Å². The highest BCUT2D eigenvalue weighted by Gasteiger charge is 2.12. The van der Waals surface area contributed by atoms with Gasteiger partial charge in [0.2, 0.25) is 0 Å². The molecular weight excluding hydrogens is 230 g/mol. The van der Waals surface area contributed by atoms with Gasteiger partial charge in [0.1, 0.15) is 5.76 Å². The summed E-state index contributed by atoms with van der Waals surface area (Å²) in [5, 5.41) is 12.3. The van der Waals surface area contributed by atoms with E-state index in [2.05, 4.69) is 5.32 Å². The molecule has 4 nitrogen and oxygen atoms in total. The predicted molar refractivity (Wildman–Crippen MR) is 68.9 cm³/mol. The number of para-hydroxylation sites is 1. The van der Waals surface area contributed by atoms with Crippen molar-refractivity contribution in [1.82, 2.24) is 0 Å². The molecule has 2 aromatic rings. The molecule has 2 N–H and O–H groups in total. The molecular formula is C14H15NO3. The number of carboxylic acid groups (broad SMARTS) is 1. The third-order valence-corrected chi connectivity index (χ3v) is 2.65. The van der Waals surface area contributed by atoms with E-state index in [1.807, 2.05) is 25.1 Å². The zero-order valence-corrected chi connectivity index (χ0v) is 10.1. The Morgan fingerprint density at radius 1 is 1.33 bits per heavy atom. The number of carbonyl (C=O) groups is 1. The molecule has 0 aliphatic rings. The summed E-state index contributed by atoms with van der Waals surface area (Å²) < 4.78 is 5.26. The molecule has 0 radical (unpaired) electrons. The van der Waals surface area contributed by atoms with E-state index in [1.165, 1.54) is 0 Å². The van der Waals surface area contributed by atoms with Crippen LogP contribution in [0.3, 0.4) is 0 Å². The summed E-state index contributed by atoms with van der Waals surface area (Å²) in [6.45, 7) is 1.99. The minimum absolute atomic E-state index is 0.0941. The van der Waals surface area contributed by atoms with Crippen LogP contribution < -0.4 is 5.32 Å². The fourth-order valence-corrected chi connectivity index (χ4v) is 1.84. The molecule has 1 unspecified atom stereocenters. The van der Waals surface area contributed by atoms with Gasteiger partial charge in [-0.25, -0.2) is 4.79 Å². The number of aromatic carboxylic acids is 1. The lowest BCUT2D eigenvalue weighted by Gasteiger charge is -2.15. The Morgan fingerprint density at radius 3 is 2.78 bits per heavy atom. The highest BCUT2D eigenvalue weighted by atomic mass is 16.4. The van der Waals surface area contributed by atoms with Gasteiger partial charge < -0.3 is 14.8 Å². The molecule has 1 heterocycles. The summed E-state index contributed by atoms with van der Waals surface area (Å²) in [6.07, 6.45) is 2.34. The summed E-state index contributed by atoms with van der Waals surface area (Å²) in [6, 6.07) is 10.7. The van der Waals surface area contributed by atoms with Crippen LogP contribution in [-0.2, 0) is 6.42 Å². The smallest absolute Gasteiger partial charge is 0.337 e. The van der Waals surface area contributed by atoms with Crippen LogP contribution in [0.5, 0.6) is 0 Å². The molecule has 18 heavy (non-hydrogen) atoms. The molecule has 1 aromatic carbocycles. The van der Waals surface area contributed by atoms with E-state index in [1.54, 1.807) is 24.5 Å². The second kappa shape index (κ2) is 5.40. The number of carboxylic acids is 1. The first kappa shape index (κ1) is 12.2. The molecule has 0 fully saturated rings. The van der Waals surface area contributed by atoms with Crippen LogP contribution >= 0.6 is 0 Å². The lowest BCUT2D eigenvalue weighted by molar-refractivity contribution is 0.0698. The quantitative estimate of drug-likeness (QED) is 0.850. The third-order valence-electron chi connectivity index (χ3n) is 2.65. The Labute approximate surface area is 105 Å². The molecule has 0 amide bonds. The highest BCUT2D eigenvalue weighted by molar-refractivity contribution is 5.94. The van der Waals surface area contributed by atoms with Crippen LogP contribution in [0.25, 0.3) is 0 Å². The second-order valence-corrected chi connectivity index (χ2v) is 4.18. The molecule has 1 atom stereocenters. The first-order valence-electron chi connectivity index (χ1n) is 5.78. The SMILES string of the molecule is CC(Cc1ccco1)Nc1ccccc1C(=O)O. The van der Waals surface area contributed by atoms with Gasteiger partial charge in [0, 0.05) is 18.2 Å². The van der Waals surface area contributed by atoms with Gasteiger partial charge in [0.25, 0.3) is 0 Å². The van der Waals surface area contributed by atoms with Crippen LogP contribution in [0.1, 0.15) is 23.0 Å². The van der Waals surface area contributed by atoms with Crippen LogP contribution in [0, 0.1) is 0 Å². The normalized spacial score (nSPS) is 12.1. The Bertz CT molecular complexity index is 520. The second-order valence-electron chi connectivity index (χ2n) is 4.18. The maximum atomic E-state index is 11.1. The molecule has 0 spiro atoms. The zero-order valence-electron chi connectivity index (χ0n) is 10.1. The van der Waals surface area contributed by atoms with E-state index in [-0.39, 0.29) is 11.6 Å². The van der Waals surface area contributed by atoms with E-state index in [0.717, 1.165) is 5.76 Å². The van der Waals surface area contributed by atoms with E-state index in [4.69, 9.17) is 9.52 Å². The Balaban J connectivity index is 2.07. The van der Waals surface area contributed by atoms with Crippen molar-refractivity contribution in [3.05, 3.63) is 54.0 Å². The number of hydrogen-bond donors (Lipinski definition) is 2. The van der Waals surface area contributed by atoms with Crippen molar-refractivity contribution in [2.45, 2.75) is 19.4 Å². The van der Waals surface area contributed by atoms with Crippen LogP contribution in [-0.4, -0.2) is 17.1 Å². The monoisotopic (exact) mass is 245 g/mol. The number of rotatable bonds is 5. The Kier molecular flexibility index (Phi) is 3.67. The van der Waals surface area contributed by atoms with Crippen LogP contribution in [0.15, 0.2) is 47.1 Å². The lowest BCUT2D eigenvalue weighted by atomic mass is 10.1. The highest BCUT2D eigenvalue weighted by Crippen LogP contribution is 2.17. The van der Waals surface area contributed by atoms with Gasteiger partial charge in [-0.2, -0.15) is 0 Å². The van der Waals surface area contributed by atoms with Crippen molar-refractivity contribution in [3.8, 4) is 0 Å². The summed E-state index contributed by atoms with van der Waals surface area (Å²) in [5.41, 5.74) is 0.910. The maximum absolute atomic E-state index is 11.1. The molecule has 1 aromatic heterocycles. The van der Waals surface area contributed by atoms with Gasteiger partial charge in [-0.05, 0) is 31.2 Å². The van der Waals surface area contributed by atoms with E-state index < -0.39 is 5.97 Å². The van der Waals surface area contributed by atoms with Gasteiger partial charge in [-0.15, -0.1) is 0 Å². The topological polar surface area (TPSA) is 62.5 Å². The molecule has 4 heteroatoms. The Hall–Kier alpha value is -2.23. The van der Waals surface area contributed by atoms with Crippen molar-refractivity contribution < 1.29 is 14.3 Å². The average Bonchev–Trinajstić information content (AvgIpc) is 2.82. The van der Waals surface area contributed by atoms with E-state index in [9.17, 15) is 4.79 Å². The first-order chi connectivity index (χ1) is 8.66. The fourth-order valence-electron chi connectivity index (χ4n) is 1.84. The summed E-state index contributed by atoms with van der Waals surface area (Å²) in [7, 11) is 0. The summed E-state index contributed by atoms with van der Waals surface area (Å²) in [5.74, 6) is -0.0499. The number of anilines is 1. The molecule has 2 rings (SSSR count). The largest absolute Gasteiger partial charge is 0.478 e. The van der Waals surface area contributed by atoms with Gasteiger partial charge in [0.15, 0.2) is 0 Å².